The van der Waals surface area contributed by atoms with Gasteiger partial charge in [0.2, 0.25) is 0 Å². The molecule has 0 aliphatic heterocycles. The Morgan fingerprint density at radius 3 is 2.87 bits per heavy atom. The minimum Gasteiger partial charge on any atom is -0.0874 e. The van der Waals surface area contributed by atoms with E-state index in [0.29, 0.717) is 5.41 Å². The van der Waals surface area contributed by atoms with Crippen LogP contribution in [0, 0.1) is 11.3 Å². The number of rotatable bonds is 1. The zero-order valence-electron chi connectivity index (χ0n) is 10.4. The van der Waals surface area contributed by atoms with Crippen molar-refractivity contribution in [3.63, 3.8) is 0 Å². The molecule has 0 aromatic carbocycles. The summed E-state index contributed by atoms with van der Waals surface area (Å²) in [4.78, 5) is 0. The number of hydrogen-bond acceptors (Lipinski definition) is 0. The first-order valence-electron chi connectivity index (χ1n) is 6.11. The molecule has 2 atom stereocenters. The zero-order chi connectivity index (χ0) is 11.1. The highest BCUT2D eigenvalue weighted by molar-refractivity contribution is 5.43. The van der Waals surface area contributed by atoms with Gasteiger partial charge in [-0.2, -0.15) is 0 Å². The molecular weight excluding hydrogens is 180 g/mol. The summed E-state index contributed by atoms with van der Waals surface area (Å²) in [5.74, 6) is 0.845. The predicted octanol–water partition coefficient (Wildman–Crippen LogP) is 4.65. The Hall–Kier alpha value is -0.780. The second-order valence-corrected chi connectivity index (χ2v) is 5.41. The SMILES string of the molecule is C/C=C\C1=C(C)C=C2CCC(C)C2(C)C1. The van der Waals surface area contributed by atoms with Crippen LogP contribution in [0.25, 0.3) is 0 Å². The first-order valence-corrected chi connectivity index (χ1v) is 6.11. The van der Waals surface area contributed by atoms with Crippen LogP contribution in [0.4, 0.5) is 0 Å². The van der Waals surface area contributed by atoms with E-state index in [-0.39, 0.29) is 0 Å². The van der Waals surface area contributed by atoms with Crippen molar-refractivity contribution in [2.45, 2.75) is 47.0 Å². The Kier molecular flexibility index (Phi) is 2.62. The molecule has 0 heterocycles. The van der Waals surface area contributed by atoms with Crippen LogP contribution in [0.5, 0.6) is 0 Å². The molecule has 1 saturated carbocycles. The molecular formula is C15H22. The average molecular weight is 202 g/mol. The Labute approximate surface area is 93.8 Å². The summed E-state index contributed by atoms with van der Waals surface area (Å²) in [6.07, 6.45) is 10.8. The molecule has 0 spiro atoms. The lowest BCUT2D eigenvalue weighted by atomic mass is 9.69. The number of fused-ring (bicyclic) bond motifs is 1. The monoisotopic (exact) mass is 202 g/mol. The summed E-state index contributed by atoms with van der Waals surface area (Å²) in [6, 6.07) is 0. The fourth-order valence-electron chi connectivity index (χ4n) is 3.10. The van der Waals surface area contributed by atoms with E-state index in [1.165, 1.54) is 30.4 Å². The second kappa shape index (κ2) is 3.66. The first-order chi connectivity index (χ1) is 7.08. The predicted molar refractivity (Wildman–Crippen MR) is 66.7 cm³/mol. The molecule has 0 bridgehead atoms. The van der Waals surface area contributed by atoms with E-state index in [1.54, 1.807) is 5.57 Å². The minimum atomic E-state index is 0.453. The van der Waals surface area contributed by atoms with Crippen LogP contribution in [0.3, 0.4) is 0 Å². The van der Waals surface area contributed by atoms with Gasteiger partial charge in [0, 0.05) is 0 Å². The van der Waals surface area contributed by atoms with Crippen LogP contribution in [0.1, 0.15) is 47.0 Å². The zero-order valence-corrected chi connectivity index (χ0v) is 10.4. The summed E-state index contributed by atoms with van der Waals surface area (Å²) in [7, 11) is 0. The molecule has 2 rings (SSSR count). The highest BCUT2D eigenvalue weighted by atomic mass is 14.5. The van der Waals surface area contributed by atoms with E-state index in [9.17, 15) is 0 Å². The molecule has 0 aromatic heterocycles. The van der Waals surface area contributed by atoms with Gasteiger partial charge in [0.25, 0.3) is 0 Å². The van der Waals surface area contributed by atoms with Gasteiger partial charge < -0.3 is 0 Å². The lowest BCUT2D eigenvalue weighted by Gasteiger charge is -2.35. The van der Waals surface area contributed by atoms with Crippen molar-refractivity contribution in [3.8, 4) is 0 Å². The van der Waals surface area contributed by atoms with E-state index in [0.717, 1.165) is 5.92 Å². The maximum atomic E-state index is 2.45. The van der Waals surface area contributed by atoms with Crippen LogP contribution in [0.2, 0.25) is 0 Å². The highest BCUT2D eigenvalue weighted by Gasteiger charge is 2.41. The summed E-state index contributed by atoms with van der Waals surface area (Å²) in [5, 5.41) is 0. The van der Waals surface area contributed by atoms with Crippen LogP contribution in [0.15, 0.2) is 34.9 Å². The van der Waals surface area contributed by atoms with E-state index in [1.807, 2.05) is 0 Å². The number of allylic oxidation sites excluding steroid dienone is 6. The molecule has 0 nitrogen and oxygen atoms in total. The van der Waals surface area contributed by atoms with Crippen LogP contribution >= 0.6 is 0 Å². The smallest absolute Gasteiger partial charge is 0.00470 e. The normalized spacial score (nSPS) is 36.0. The highest BCUT2D eigenvalue weighted by Crippen LogP contribution is 2.53. The Morgan fingerprint density at radius 1 is 1.47 bits per heavy atom. The maximum absolute atomic E-state index is 2.45. The summed E-state index contributed by atoms with van der Waals surface area (Å²) < 4.78 is 0. The molecule has 0 heteroatoms. The lowest BCUT2D eigenvalue weighted by molar-refractivity contribution is 0.293. The molecule has 1 fully saturated rings. The van der Waals surface area contributed by atoms with Gasteiger partial charge in [0.15, 0.2) is 0 Å². The second-order valence-electron chi connectivity index (χ2n) is 5.41. The van der Waals surface area contributed by atoms with Gasteiger partial charge in [0.1, 0.15) is 0 Å². The van der Waals surface area contributed by atoms with Crippen molar-refractivity contribution in [2.24, 2.45) is 11.3 Å². The average Bonchev–Trinajstić information content (AvgIpc) is 2.46. The van der Waals surface area contributed by atoms with E-state index >= 15 is 0 Å². The van der Waals surface area contributed by atoms with Crippen molar-refractivity contribution in [1.29, 1.82) is 0 Å². The van der Waals surface area contributed by atoms with Crippen LogP contribution in [-0.2, 0) is 0 Å². The molecule has 0 N–H and O–H groups in total. The number of hydrogen-bond donors (Lipinski definition) is 0. The largest absolute Gasteiger partial charge is 0.0874 e. The molecule has 0 aromatic rings. The molecule has 0 amide bonds. The Morgan fingerprint density at radius 2 is 2.20 bits per heavy atom. The standard InChI is InChI=1S/C15H22/c1-5-6-13-10-15(4)12(3)7-8-14(15)9-11(13)2/h5-6,9,12H,7-8,10H2,1-4H3/b6-5-. The topological polar surface area (TPSA) is 0 Å². The molecule has 0 saturated heterocycles. The minimum absolute atomic E-state index is 0.453. The fourth-order valence-corrected chi connectivity index (χ4v) is 3.10. The lowest BCUT2D eigenvalue weighted by Crippen LogP contribution is -2.24. The van der Waals surface area contributed by atoms with Gasteiger partial charge >= 0.3 is 0 Å². The third kappa shape index (κ3) is 1.60. The van der Waals surface area contributed by atoms with Crippen molar-refractivity contribution in [1.82, 2.24) is 0 Å². The van der Waals surface area contributed by atoms with Crippen LogP contribution < -0.4 is 0 Å². The summed E-state index contributed by atoms with van der Waals surface area (Å²) in [5.41, 5.74) is 5.17. The quantitative estimate of drug-likeness (QED) is 0.581. The van der Waals surface area contributed by atoms with Crippen molar-refractivity contribution in [3.05, 3.63) is 34.9 Å². The third-order valence-corrected chi connectivity index (χ3v) is 4.49. The Balaban J connectivity index is 2.39. The van der Waals surface area contributed by atoms with Gasteiger partial charge in [-0.15, -0.1) is 0 Å². The van der Waals surface area contributed by atoms with Gasteiger partial charge in [-0.1, -0.05) is 37.6 Å². The molecule has 2 unspecified atom stereocenters. The van der Waals surface area contributed by atoms with Gasteiger partial charge in [-0.3, -0.25) is 0 Å². The van der Waals surface area contributed by atoms with E-state index in [2.05, 4.69) is 45.9 Å². The summed E-state index contributed by atoms with van der Waals surface area (Å²) >= 11 is 0. The fraction of sp³-hybridized carbons (Fsp3) is 0.600. The van der Waals surface area contributed by atoms with Crippen molar-refractivity contribution < 1.29 is 0 Å². The van der Waals surface area contributed by atoms with Gasteiger partial charge in [-0.25, -0.2) is 0 Å². The first kappa shape index (κ1) is 10.7. The Bertz CT molecular complexity index is 354. The van der Waals surface area contributed by atoms with Gasteiger partial charge in [-0.05, 0) is 55.6 Å². The molecule has 2 aliphatic rings. The van der Waals surface area contributed by atoms with Gasteiger partial charge in [0.05, 0.1) is 0 Å². The van der Waals surface area contributed by atoms with E-state index in [4.69, 9.17) is 0 Å². The van der Waals surface area contributed by atoms with Crippen LogP contribution in [-0.4, -0.2) is 0 Å². The summed E-state index contributed by atoms with van der Waals surface area (Å²) in [6.45, 7) is 9.23. The van der Waals surface area contributed by atoms with Crippen molar-refractivity contribution in [2.75, 3.05) is 0 Å². The third-order valence-electron chi connectivity index (χ3n) is 4.49. The maximum Gasteiger partial charge on any atom is -0.00470 e. The van der Waals surface area contributed by atoms with E-state index < -0.39 is 0 Å². The molecule has 15 heavy (non-hydrogen) atoms. The molecule has 0 radical (unpaired) electrons. The molecule has 2 aliphatic carbocycles. The molecule has 82 valence electrons. The van der Waals surface area contributed by atoms with Crippen molar-refractivity contribution >= 4 is 0 Å².